The number of nitrogens with zero attached hydrogens (tertiary/aromatic N) is 3. The first-order valence-corrected chi connectivity index (χ1v) is 11.2. The second kappa shape index (κ2) is 9.53. The summed E-state index contributed by atoms with van der Waals surface area (Å²) in [7, 11) is 0. The van der Waals surface area contributed by atoms with Gasteiger partial charge in [0.15, 0.2) is 0 Å². The molecule has 0 saturated carbocycles. The Morgan fingerprint density at radius 3 is 2.42 bits per heavy atom. The van der Waals surface area contributed by atoms with Crippen molar-refractivity contribution in [2.45, 2.75) is 25.8 Å². The number of carbonyl (C=O) groups excluding carboxylic acids is 1. The molecule has 0 radical (unpaired) electrons. The van der Waals surface area contributed by atoms with Crippen molar-refractivity contribution in [3.05, 3.63) is 103 Å². The first-order valence-electron chi connectivity index (χ1n) is 11.2. The van der Waals surface area contributed by atoms with Gasteiger partial charge in [-0.15, -0.1) is 0 Å². The summed E-state index contributed by atoms with van der Waals surface area (Å²) in [4.78, 5) is 20.4. The van der Waals surface area contributed by atoms with Gasteiger partial charge in [0.2, 0.25) is 5.91 Å². The molecule has 2 heterocycles. The molecule has 5 rings (SSSR count). The van der Waals surface area contributed by atoms with E-state index in [9.17, 15) is 4.79 Å². The maximum Gasteiger partial charge on any atom is 0.220 e. The Morgan fingerprint density at radius 1 is 0.909 bits per heavy atom. The maximum atomic E-state index is 12.5. The van der Waals surface area contributed by atoms with Crippen molar-refractivity contribution in [3.8, 4) is 16.9 Å². The number of aryl methyl sites for hydroxylation is 1. The maximum absolute atomic E-state index is 12.5. The van der Waals surface area contributed by atoms with E-state index in [4.69, 9.17) is 5.10 Å². The minimum absolute atomic E-state index is 0.0255. The molecule has 0 fully saturated rings. The first-order chi connectivity index (χ1) is 16.3. The van der Waals surface area contributed by atoms with Gasteiger partial charge in [0, 0.05) is 36.7 Å². The highest BCUT2D eigenvalue weighted by Crippen LogP contribution is 2.23. The third-order valence-electron chi connectivity index (χ3n) is 5.59. The van der Waals surface area contributed by atoms with Gasteiger partial charge in [-0.1, -0.05) is 60.7 Å². The molecule has 1 amide bonds. The number of aromatic amines is 1. The molecule has 0 bridgehead atoms. The van der Waals surface area contributed by atoms with Crippen LogP contribution in [0.2, 0.25) is 0 Å². The topological polar surface area (TPSA) is 75.6 Å². The number of para-hydroxylation sites is 3. The zero-order valence-corrected chi connectivity index (χ0v) is 18.2. The molecule has 5 aromatic rings. The lowest BCUT2D eigenvalue weighted by molar-refractivity contribution is -0.121. The molecule has 2 aromatic heterocycles. The highest BCUT2D eigenvalue weighted by Gasteiger charge is 2.13. The lowest BCUT2D eigenvalue weighted by atomic mass is 10.1. The van der Waals surface area contributed by atoms with Crippen LogP contribution in [0.15, 0.2) is 91.1 Å². The molecule has 0 aliphatic carbocycles. The average Bonchev–Trinajstić information content (AvgIpc) is 3.48. The van der Waals surface area contributed by atoms with Gasteiger partial charge in [-0.2, -0.15) is 5.10 Å². The molecule has 6 heteroatoms. The number of amides is 1. The Kier molecular flexibility index (Phi) is 5.97. The summed E-state index contributed by atoms with van der Waals surface area (Å²) in [5.74, 6) is 0.942. The van der Waals surface area contributed by atoms with Crippen molar-refractivity contribution < 1.29 is 4.79 Å². The molecule has 0 unspecified atom stereocenters. The lowest BCUT2D eigenvalue weighted by Gasteiger charge is -2.05. The van der Waals surface area contributed by atoms with Crippen LogP contribution in [0.4, 0.5) is 0 Å². The number of imidazole rings is 1. The fourth-order valence-electron chi connectivity index (χ4n) is 3.91. The normalized spacial score (nSPS) is 11.0. The smallest absolute Gasteiger partial charge is 0.220 e. The van der Waals surface area contributed by atoms with E-state index in [1.165, 1.54) is 0 Å². The molecule has 6 nitrogen and oxygen atoms in total. The van der Waals surface area contributed by atoms with Gasteiger partial charge in [0.25, 0.3) is 0 Å². The van der Waals surface area contributed by atoms with E-state index in [1.807, 2.05) is 95.8 Å². The summed E-state index contributed by atoms with van der Waals surface area (Å²) < 4.78 is 1.87. The molecule has 0 saturated heterocycles. The van der Waals surface area contributed by atoms with E-state index >= 15 is 0 Å². The minimum Gasteiger partial charge on any atom is -0.352 e. The number of benzene rings is 3. The summed E-state index contributed by atoms with van der Waals surface area (Å²) in [6.07, 6.45) is 3.92. The summed E-state index contributed by atoms with van der Waals surface area (Å²) in [5.41, 5.74) is 5.86. The Balaban J connectivity index is 1.23. The number of hydrogen-bond acceptors (Lipinski definition) is 3. The molecular weight excluding hydrogens is 410 g/mol. The third kappa shape index (κ3) is 4.85. The highest BCUT2D eigenvalue weighted by atomic mass is 16.1. The van der Waals surface area contributed by atoms with Crippen molar-refractivity contribution >= 4 is 16.9 Å². The zero-order valence-electron chi connectivity index (χ0n) is 18.2. The Labute approximate surface area is 192 Å². The largest absolute Gasteiger partial charge is 0.352 e. The van der Waals surface area contributed by atoms with Gasteiger partial charge in [-0.25, -0.2) is 9.67 Å². The van der Waals surface area contributed by atoms with Crippen molar-refractivity contribution in [1.29, 1.82) is 0 Å². The highest BCUT2D eigenvalue weighted by molar-refractivity contribution is 5.76. The van der Waals surface area contributed by atoms with Crippen LogP contribution in [0.25, 0.3) is 28.0 Å². The van der Waals surface area contributed by atoms with Gasteiger partial charge >= 0.3 is 0 Å². The number of nitrogens with one attached hydrogen (secondary N) is 2. The number of rotatable bonds is 8. The molecule has 0 aliphatic rings. The number of aromatic nitrogens is 4. The fraction of sp³-hybridized carbons (Fsp3) is 0.148. The molecule has 0 aliphatic heterocycles. The fourth-order valence-corrected chi connectivity index (χ4v) is 3.91. The molecular formula is C27H25N5O. The van der Waals surface area contributed by atoms with Gasteiger partial charge in [-0.05, 0) is 30.7 Å². The van der Waals surface area contributed by atoms with Crippen LogP contribution in [0.5, 0.6) is 0 Å². The standard InChI is InChI=1S/C27H25N5O/c33-26(17-9-16-25-29-23-14-7-8-15-24(23)30-25)28-18-21-19-32(22-12-5-2-6-13-22)31-27(21)20-10-3-1-4-11-20/h1-8,10-15,19H,9,16-18H2,(H,28,33)(H,29,30). The molecule has 164 valence electrons. The Bertz CT molecular complexity index is 1320. The Hall–Kier alpha value is -4.19. The second-order valence-electron chi connectivity index (χ2n) is 7.98. The quantitative estimate of drug-likeness (QED) is 0.358. The van der Waals surface area contributed by atoms with E-state index < -0.39 is 0 Å². The van der Waals surface area contributed by atoms with E-state index in [0.717, 1.165) is 52.2 Å². The Morgan fingerprint density at radius 2 is 1.64 bits per heavy atom. The summed E-state index contributed by atoms with van der Waals surface area (Å²) in [6, 6.07) is 28.0. The number of H-pyrrole nitrogens is 1. The van der Waals surface area contributed by atoms with E-state index in [2.05, 4.69) is 15.3 Å². The minimum atomic E-state index is 0.0255. The lowest BCUT2D eigenvalue weighted by Crippen LogP contribution is -2.22. The number of hydrogen-bond donors (Lipinski definition) is 2. The van der Waals surface area contributed by atoms with Gasteiger partial charge < -0.3 is 10.3 Å². The van der Waals surface area contributed by atoms with E-state index in [-0.39, 0.29) is 5.91 Å². The summed E-state index contributed by atoms with van der Waals surface area (Å²) in [6.45, 7) is 0.431. The molecule has 0 atom stereocenters. The van der Waals surface area contributed by atoms with Crippen LogP contribution in [0.1, 0.15) is 24.2 Å². The van der Waals surface area contributed by atoms with Gasteiger partial charge in [0.05, 0.1) is 22.4 Å². The summed E-state index contributed by atoms with van der Waals surface area (Å²) in [5, 5.41) is 7.87. The SMILES string of the molecule is O=C(CCCc1nc2ccccc2[nH]1)NCc1cn(-c2ccccc2)nc1-c1ccccc1. The van der Waals surface area contributed by atoms with Gasteiger partial charge in [-0.3, -0.25) is 4.79 Å². The monoisotopic (exact) mass is 435 g/mol. The average molecular weight is 436 g/mol. The second-order valence-corrected chi connectivity index (χ2v) is 7.98. The van der Waals surface area contributed by atoms with Gasteiger partial charge in [0.1, 0.15) is 5.82 Å². The van der Waals surface area contributed by atoms with Crippen molar-refractivity contribution in [1.82, 2.24) is 25.1 Å². The molecule has 0 spiro atoms. The van der Waals surface area contributed by atoms with Crippen LogP contribution in [-0.4, -0.2) is 25.7 Å². The van der Waals surface area contributed by atoms with Crippen LogP contribution in [0.3, 0.4) is 0 Å². The third-order valence-corrected chi connectivity index (χ3v) is 5.59. The summed E-state index contributed by atoms with van der Waals surface area (Å²) >= 11 is 0. The number of carbonyl (C=O) groups is 1. The van der Waals surface area contributed by atoms with Crippen LogP contribution in [0, 0.1) is 0 Å². The molecule has 33 heavy (non-hydrogen) atoms. The zero-order chi connectivity index (χ0) is 22.5. The van der Waals surface area contributed by atoms with Crippen LogP contribution < -0.4 is 5.32 Å². The van der Waals surface area contributed by atoms with Crippen LogP contribution >= 0.6 is 0 Å². The van der Waals surface area contributed by atoms with Crippen molar-refractivity contribution in [2.75, 3.05) is 0 Å². The molecule has 3 aromatic carbocycles. The van der Waals surface area contributed by atoms with Crippen molar-refractivity contribution in [2.24, 2.45) is 0 Å². The first kappa shape index (κ1) is 20.7. The van der Waals surface area contributed by atoms with Crippen LogP contribution in [-0.2, 0) is 17.8 Å². The number of fused-ring (bicyclic) bond motifs is 1. The van der Waals surface area contributed by atoms with E-state index in [0.29, 0.717) is 13.0 Å². The predicted molar refractivity (Wildman–Crippen MR) is 130 cm³/mol. The predicted octanol–water partition coefficient (Wildman–Crippen LogP) is 5.05. The molecule has 2 N–H and O–H groups in total. The van der Waals surface area contributed by atoms with Crippen molar-refractivity contribution in [3.63, 3.8) is 0 Å². The van der Waals surface area contributed by atoms with E-state index in [1.54, 1.807) is 0 Å².